The van der Waals surface area contributed by atoms with Crippen molar-refractivity contribution >= 4 is 0 Å². The van der Waals surface area contributed by atoms with Crippen LogP contribution in [-0.2, 0) is 6.54 Å². The summed E-state index contributed by atoms with van der Waals surface area (Å²) >= 11 is 0. The molecule has 3 heteroatoms. The minimum absolute atomic E-state index is 0.540. The molecule has 1 N–H and O–H groups in total. The molecular formula is C13H23N3. The largest absolute Gasteiger partial charge is 0.310 e. The Morgan fingerprint density at radius 2 is 2.38 bits per heavy atom. The van der Waals surface area contributed by atoms with Crippen molar-refractivity contribution in [3.8, 4) is 0 Å². The second-order valence-electron chi connectivity index (χ2n) is 4.75. The predicted octanol–water partition coefficient (Wildman–Crippen LogP) is 2.89. The molecule has 2 heterocycles. The number of unbranched alkanes of at least 4 members (excludes halogenated alkanes) is 1. The van der Waals surface area contributed by atoms with Crippen molar-refractivity contribution < 1.29 is 0 Å². The molecule has 16 heavy (non-hydrogen) atoms. The van der Waals surface area contributed by atoms with Gasteiger partial charge in [0.2, 0.25) is 0 Å². The van der Waals surface area contributed by atoms with Gasteiger partial charge in [0.25, 0.3) is 0 Å². The lowest BCUT2D eigenvalue weighted by Crippen LogP contribution is -2.19. The maximum atomic E-state index is 4.44. The molecule has 1 aromatic rings. The normalized spacial score (nSPS) is 21.9. The number of aryl methyl sites for hydroxylation is 1. The van der Waals surface area contributed by atoms with E-state index in [0.29, 0.717) is 6.04 Å². The number of aromatic nitrogens is 2. The fourth-order valence-electron chi connectivity index (χ4n) is 2.32. The molecular weight excluding hydrogens is 198 g/mol. The van der Waals surface area contributed by atoms with Crippen molar-refractivity contribution in [3.63, 3.8) is 0 Å². The van der Waals surface area contributed by atoms with Gasteiger partial charge < -0.3 is 5.32 Å². The molecule has 90 valence electrons. The fourth-order valence-corrected chi connectivity index (χ4v) is 2.32. The second-order valence-corrected chi connectivity index (χ2v) is 4.75. The summed E-state index contributed by atoms with van der Waals surface area (Å²) in [7, 11) is 0. The summed E-state index contributed by atoms with van der Waals surface area (Å²) in [6, 6.07) is 0.540. The molecule has 0 aliphatic carbocycles. The molecule has 1 fully saturated rings. The van der Waals surface area contributed by atoms with Gasteiger partial charge >= 0.3 is 0 Å². The molecule has 0 aromatic carbocycles. The third kappa shape index (κ3) is 3.08. The van der Waals surface area contributed by atoms with Gasteiger partial charge in [-0.2, -0.15) is 5.10 Å². The van der Waals surface area contributed by atoms with Gasteiger partial charge in [-0.15, -0.1) is 0 Å². The molecule has 1 saturated heterocycles. The predicted molar refractivity (Wildman–Crippen MR) is 66.3 cm³/mol. The van der Waals surface area contributed by atoms with Gasteiger partial charge in [-0.05, 0) is 25.8 Å². The van der Waals surface area contributed by atoms with Crippen molar-refractivity contribution in [1.29, 1.82) is 0 Å². The van der Waals surface area contributed by atoms with Gasteiger partial charge in [0.15, 0.2) is 0 Å². The van der Waals surface area contributed by atoms with Gasteiger partial charge in [-0.3, -0.25) is 4.68 Å². The first-order valence-corrected chi connectivity index (χ1v) is 6.66. The lowest BCUT2D eigenvalue weighted by Gasteiger charge is -2.13. The highest BCUT2D eigenvalue weighted by Gasteiger charge is 2.14. The fraction of sp³-hybridized carbons (Fsp3) is 0.769. The first-order chi connectivity index (χ1) is 7.90. The second kappa shape index (κ2) is 6.04. The zero-order valence-electron chi connectivity index (χ0n) is 10.3. The molecule has 1 atom stereocenters. The number of rotatable bonds is 4. The molecule has 0 amide bonds. The molecule has 1 aliphatic heterocycles. The van der Waals surface area contributed by atoms with Crippen LogP contribution in [0.25, 0.3) is 0 Å². The van der Waals surface area contributed by atoms with Crippen LogP contribution in [0.15, 0.2) is 12.4 Å². The molecule has 3 nitrogen and oxygen atoms in total. The first kappa shape index (κ1) is 11.6. The minimum atomic E-state index is 0.540. The van der Waals surface area contributed by atoms with Crippen LogP contribution in [0.1, 0.15) is 57.1 Å². The monoisotopic (exact) mass is 221 g/mol. The Morgan fingerprint density at radius 3 is 3.25 bits per heavy atom. The quantitative estimate of drug-likeness (QED) is 0.847. The Hall–Kier alpha value is -0.830. The van der Waals surface area contributed by atoms with Crippen LogP contribution in [0.2, 0.25) is 0 Å². The highest BCUT2D eigenvalue weighted by Crippen LogP contribution is 2.22. The molecule has 1 aromatic heterocycles. The number of hydrogen-bond acceptors (Lipinski definition) is 2. The smallest absolute Gasteiger partial charge is 0.0537 e. The summed E-state index contributed by atoms with van der Waals surface area (Å²) in [6.45, 7) is 4.44. The van der Waals surface area contributed by atoms with E-state index < -0.39 is 0 Å². The summed E-state index contributed by atoms with van der Waals surface area (Å²) in [5.41, 5.74) is 1.37. The van der Waals surface area contributed by atoms with E-state index in [1.54, 1.807) is 0 Å². The molecule has 0 spiro atoms. The zero-order chi connectivity index (χ0) is 11.2. The standard InChI is InChI=1S/C13H23N3/c1-2-3-9-16-11-12(10-15-16)13-7-5-4-6-8-14-13/h10-11,13-14H,2-9H2,1H3/t13-/m1/s1. The van der Waals surface area contributed by atoms with E-state index in [9.17, 15) is 0 Å². The minimum Gasteiger partial charge on any atom is -0.310 e. The van der Waals surface area contributed by atoms with Gasteiger partial charge in [-0.25, -0.2) is 0 Å². The summed E-state index contributed by atoms with van der Waals surface area (Å²) in [5, 5.41) is 8.05. The molecule has 0 radical (unpaired) electrons. The molecule has 0 unspecified atom stereocenters. The Kier molecular flexibility index (Phi) is 4.40. The third-order valence-electron chi connectivity index (χ3n) is 3.36. The molecule has 0 bridgehead atoms. The van der Waals surface area contributed by atoms with Crippen molar-refractivity contribution in [2.45, 2.75) is 58.0 Å². The van der Waals surface area contributed by atoms with Crippen molar-refractivity contribution in [3.05, 3.63) is 18.0 Å². The molecule has 1 aliphatic rings. The van der Waals surface area contributed by atoms with E-state index in [2.05, 4.69) is 28.2 Å². The Balaban J connectivity index is 1.94. The van der Waals surface area contributed by atoms with Gasteiger partial charge in [-0.1, -0.05) is 26.2 Å². The van der Waals surface area contributed by atoms with E-state index in [0.717, 1.165) is 13.1 Å². The maximum absolute atomic E-state index is 4.44. The highest BCUT2D eigenvalue weighted by atomic mass is 15.3. The van der Waals surface area contributed by atoms with Gasteiger partial charge in [0.05, 0.1) is 6.20 Å². The summed E-state index contributed by atoms with van der Waals surface area (Å²) in [6.07, 6.45) is 12.0. The van der Waals surface area contributed by atoms with Crippen molar-refractivity contribution in [1.82, 2.24) is 15.1 Å². The average Bonchev–Trinajstić information content (AvgIpc) is 2.60. The number of nitrogens with one attached hydrogen (secondary N) is 1. The van der Waals surface area contributed by atoms with Crippen LogP contribution >= 0.6 is 0 Å². The lowest BCUT2D eigenvalue weighted by atomic mass is 10.1. The van der Waals surface area contributed by atoms with Crippen LogP contribution in [0.3, 0.4) is 0 Å². The van der Waals surface area contributed by atoms with Crippen LogP contribution in [0.5, 0.6) is 0 Å². The zero-order valence-corrected chi connectivity index (χ0v) is 10.3. The van der Waals surface area contributed by atoms with Crippen molar-refractivity contribution in [2.75, 3.05) is 6.54 Å². The van der Waals surface area contributed by atoms with Crippen LogP contribution in [-0.4, -0.2) is 16.3 Å². The topological polar surface area (TPSA) is 29.9 Å². The maximum Gasteiger partial charge on any atom is 0.0537 e. The van der Waals surface area contributed by atoms with Gasteiger partial charge in [0.1, 0.15) is 0 Å². The first-order valence-electron chi connectivity index (χ1n) is 6.66. The number of nitrogens with zero attached hydrogens (tertiary/aromatic N) is 2. The highest BCUT2D eigenvalue weighted by molar-refractivity contribution is 5.10. The Morgan fingerprint density at radius 1 is 1.44 bits per heavy atom. The van der Waals surface area contributed by atoms with E-state index in [-0.39, 0.29) is 0 Å². The number of hydrogen-bond donors (Lipinski definition) is 1. The summed E-state index contributed by atoms with van der Waals surface area (Å²) in [5.74, 6) is 0. The third-order valence-corrected chi connectivity index (χ3v) is 3.36. The Labute approximate surface area is 98.2 Å². The average molecular weight is 221 g/mol. The van der Waals surface area contributed by atoms with Crippen molar-refractivity contribution in [2.24, 2.45) is 0 Å². The van der Waals surface area contributed by atoms with E-state index in [1.165, 1.54) is 44.1 Å². The van der Waals surface area contributed by atoms with E-state index >= 15 is 0 Å². The van der Waals surface area contributed by atoms with Crippen LogP contribution in [0, 0.1) is 0 Å². The Bertz CT molecular complexity index is 298. The SMILES string of the molecule is CCCCn1cc([C@H]2CCCCCN2)cn1. The van der Waals surface area contributed by atoms with Crippen LogP contribution < -0.4 is 5.32 Å². The molecule has 2 rings (SSSR count). The van der Waals surface area contributed by atoms with E-state index in [1.807, 2.05) is 6.20 Å². The lowest BCUT2D eigenvalue weighted by molar-refractivity contribution is 0.531. The molecule has 0 saturated carbocycles. The van der Waals surface area contributed by atoms with Crippen LogP contribution in [0.4, 0.5) is 0 Å². The van der Waals surface area contributed by atoms with Gasteiger partial charge in [0, 0.05) is 24.3 Å². The summed E-state index contributed by atoms with van der Waals surface area (Å²) in [4.78, 5) is 0. The van der Waals surface area contributed by atoms with E-state index in [4.69, 9.17) is 0 Å². The summed E-state index contributed by atoms with van der Waals surface area (Å²) < 4.78 is 2.09.